The summed E-state index contributed by atoms with van der Waals surface area (Å²) < 4.78 is 7.48. The van der Waals surface area contributed by atoms with Crippen molar-refractivity contribution in [3.05, 3.63) is 48.4 Å². The van der Waals surface area contributed by atoms with Gasteiger partial charge in [0.05, 0.1) is 12.8 Å². The summed E-state index contributed by atoms with van der Waals surface area (Å²) in [6.07, 6.45) is 5.14. The summed E-state index contributed by atoms with van der Waals surface area (Å²) in [6, 6.07) is 7.08. The van der Waals surface area contributed by atoms with Crippen molar-refractivity contribution in [3.63, 3.8) is 0 Å². The number of aliphatic hydroxyl groups excluding tert-OH is 1. The zero-order valence-electron chi connectivity index (χ0n) is 10.5. The number of fused-ring (bicyclic) bond motifs is 1. The van der Waals surface area contributed by atoms with Crippen molar-refractivity contribution in [2.24, 2.45) is 5.84 Å². The van der Waals surface area contributed by atoms with Gasteiger partial charge in [0.15, 0.2) is 5.82 Å². The van der Waals surface area contributed by atoms with Crippen LogP contribution >= 0.6 is 0 Å². The highest BCUT2D eigenvalue weighted by Gasteiger charge is 2.09. The summed E-state index contributed by atoms with van der Waals surface area (Å²) in [7, 11) is 0. The minimum atomic E-state index is -0.00435. The number of nitrogens with zero attached hydrogens (tertiary/aromatic N) is 3. The quantitative estimate of drug-likeness (QED) is 0.489. The molecule has 4 N–H and O–H groups in total. The molecule has 3 aromatic rings. The Morgan fingerprint density at radius 3 is 2.80 bits per heavy atom. The van der Waals surface area contributed by atoms with Crippen LogP contribution in [0.15, 0.2) is 42.9 Å². The Hall–Kier alpha value is -2.64. The van der Waals surface area contributed by atoms with Gasteiger partial charge in [0, 0.05) is 12.4 Å². The number of hydrogen-bond donors (Lipinski definition) is 3. The number of imidazole rings is 1. The average molecular weight is 271 g/mol. The second-order valence-corrected chi connectivity index (χ2v) is 4.14. The van der Waals surface area contributed by atoms with Gasteiger partial charge in [-0.25, -0.2) is 10.8 Å². The van der Waals surface area contributed by atoms with Gasteiger partial charge in [-0.15, -0.1) is 0 Å². The molecule has 0 radical (unpaired) electrons. The van der Waals surface area contributed by atoms with Gasteiger partial charge >= 0.3 is 0 Å². The third-order valence-corrected chi connectivity index (χ3v) is 2.81. The van der Waals surface area contributed by atoms with E-state index in [-0.39, 0.29) is 6.61 Å². The Morgan fingerprint density at radius 2 is 2.10 bits per heavy atom. The maximum absolute atomic E-state index is 9.01. The lowest BCUT2D eigenvalue weighted by molar-refractivity contribution is 0.281. The summed E-state index contributed by atoms with van der Waals surface area (Å²) in [5, 5.41) is 9.01. The number of anilines is 1. The molecule has 0 unspecified atom stereocenters. The van der Waals surface area contributed by atoms with Gasteiger partial charge in [-0.2, -0.15) is 4.98 Å². The van der Waals surface area contributed by atoms with Crippen LogP contribution in [0, 0.1) is 0 Å². The van der Waals surface area contributed by atoms with Crippen molar-refractivity contribution in [1.29, 1.82) is 0 Å². The Bertz CT molecular complexity index is 723. The van der Waals surface area contributed by atoms with Gasteiger partial charge in [0.2, 0.25) is 5.65 Å². The lowest BCUT2D eigenvalue weighted by Crippen LogP contribution is -2.10. The van der Waals surface area contributed by atoms with E-state index >= 15 is 0 Å². The van der Waals surface area contributed by atoms with Crippen LogP contribution < -0.4 is 16.0 Å². The maximum Gasteiger partial charge on any atom is 0.265 e. The molecule has 0 spiro atoms. The fourth-order valence-electron chi connectivity index (χ4n) is 1.82. The number of benzene rings is 1. The van der Waals surface area contributed by atoms with Crippen LogP contribution in [0.25, 0.3) is 5.65 Å². The molecule has 0 saturated carbocycles. The zero-order valence-corrected chi connectivity index (χ0v) is 10.5. The van der Waals surface area contributed by atoms with E-state index in [0.29, 0.717) is 23.1 Å². The second-order valence-electron chi connectivity index (χ2n) is 4.14. The molecular formula is C13H13N5O2. The largest absolute Gasteiger partial charge is 0.436 e. The Morgan fingerprint density at radius 1 is 1.30 bits per heavy atom. The van der Waals surface area contributed by atoms with Crippen LogP contribution in [-0.2, 0) is 6.61 Å². The van der Waals surface area contributed by atoms with Gasteiger partial charge in [-0.05, 0) is 17.7 Å². The molecule has 2 heterocycles. The molecular weight excluding hydrogens is 258 g/mol. The predicted octanol–water partition coefficient (Wildman–Crippen LogP) is 1.30. The van der Waals surface area contributed by atoms with E-state index in [9.17, 15) is 0 Å². The molecule has 102 valence electrons. The van der Waals surface area contributed by atoms with E-state index in [2.05, 4.69) is 15.4 Å². The molecule has 7 heteroatoms. The van der Waals surface area contributed by atoms with E-state index < -0.39 is 0 Å². The summed E-state index contributed by atoms with van der Waals surface area (Å²) in [4.78, 5) is 8.43. The number of hydrogen-bond acceptors (Lipinski definition) is 6. The molecule has 0 aliphatic rings. The first-order valence-electron chi connectivity index (χ1n) is 5.98. The zero-order chi connectivity index (χ0) is 13.9. The topological polar surface area (TPSA) is 97.7 Å². The number of nitrogens with two attached hydrogens (primary N) is 1. The van der Waals surface area contributed by atoms with Gasteiger partial charge in [-0.3, -0.25) is 4.40 Å². The number of aliphatic hydroxyl groups is 1. The molecule has 0 aliphatic heterocycles. The fraction of sp³-hybridized carbons (Fsp3) is 0.0769. The van der Waals surface area contributed by atoms with E-state index in [1.807, 2.05) is 0 Å². The SMILES string of the molecule is NNc1cn2ccnc2c(Oc2ccc(CO)cc2)n1. The van der Waals surface area contributed by atoms with Crippen molar-refractivity contribution < 1.29 is 9.84 Å². The molecule has 20 heavy (non-hydrogen) atoms. The highest BCUT2D eigenvalue weighted by atomic mass is 16.5. The van der Waals surface area contributed by atoms with Crippen molar-refractivity contribution in [3.8, 4) is 11.6 Å². The van der Waals surface area contributed by atoms with Crippen LogP contribution in [0.1, 0.15) is 5.56 Å². The summed E-state index contributed by atoms with van der Waals surface area (Å²) in [5.74, 6) is 6.80. The molecule has 0 amide bonds. The highest BCUT2D eigenvalue weighted by Crippen LogP contribution is 2.25. The van der Waals surface area contributed by atoms with Crippen LogP contribution in [0.4, 0.5) is 5.82 Å². The fourth-order valence-corrected chi connectivity index (χ4v) is 1.82. The van der Waals surface area contributed by atoms with E-state index in [0.717, 1.165) is 5.56 Å². The van der Waals surface area contributed by atoms with E-state index in [1.165, 1.54) is 0 Å². The molecule has 7 nitrogen and oxygen atoms in total. The molecule has 0 saturated heterocycles. The highest BCUT2D eigenvalue weighted by molar-refractivity contribution is 5.54. The summed E-state index contributed by atoms with van der Waals surface area (Å²) in [6.45, 7) is -0.00435. The standard InChI is InChI=1S/C13H13N5O2/c14-17-11-7-18-6-5-15-12(18)13(16-11)20-10-3-1-9(8-19)2-4-10/h1-7,17,19H,8,14H2. The van der Waals surface area contributed by atoms with E-state index in [4.69, 9.17) is 15.7 Å². The lowest BCUT2D eigenvalue weighted by atomic mass is 10.2. The maximum atomic E-state index is 9.01. The minimum Gasteiger partial charge on any atom is -0.436 e. The van der Waals surface area contributed by atoms with Crippen LogP contribution in [0.3, 0.4) is 0 Å². The predicted molar refractivity (Wildman–Crippen MR) is 73.2 cm³/mol. The summed E-state index contributed by atoms with van der Waals surface area (Å²) in [5.41, 5.74) is 3.89. The van der Waals surface area contributed by atoms with Crippen molar-refractivity contribution in [1.82, 2.24) is 14.4 Å². The monoisotopic (exact) mass is 271 g/mol. The first kappa shape index (κ1) is 12.4. The molecule has 3 rings (SSSR count). The number of hydrazine groups is 1. The Labute approximate surface area is 114 Å². The molecule has 0 fully saturated rings. The minimum absolute atomic E-state index is 0.00435. The molecule has 0 bridgehead atoms. The second kappa shape index (κ2) is 5.16. The summed E-state index contributed by atoms with van der Waals surface area (Å²) >= 11 is 0. The average Bonchev–Trinajstić information content (AvgIpc) is 2.96. The molecule has 0 aliphatic carbocycles. The van der Waals surface area contributed by atoms with Gasteiger partial charge in [0.1, 0.15) is 5.75 Å². The van der Waals surface area contributed by atoms with Crippen LogP contribution in [-0.4, -0.2) is 19.5 Å². The van der Waals surface area contributed by atoms with E-state index in [1.54, 1.807) is 47.3 Å². The van der Waals surface area contributed by atoms with Gasteiger partial charge in [-0.1, -0.05) is 12.1 Å². The van der Waals surface area contributed by atoms with Crippen LogP contribution in [0.5, 0.6) is 11.6 Å². The molecule has 0 atom stereocenters. The number of ether oxygens (including phenoxy) is 1. The van der Waals surface area contributed by atoms with Crippen molar-refractivity contribution in [2.45, 2.75) is 6.61 Å². The number of rotatable bonds is 4. The molecule has 1 aromatic carbocycles. The van der Waals surface area contributed by atoms with Crippen molar-refractivity contribution in [2.75, 3.05) is 5.43 Å². The third-order valence-electron chi connectivity index (χ3n) is 2.81. The van der Waals surface area contributed by atoms with Crippen LogP contribution in [0.2, 0.25) is 0 Å². The molecule has 2 aromatic heterocycles. The smallest absolute Gasteiger partial charge is 0.265 e. The van der Waals surface area contributed by atoms with Crippen molar-refractivity contribution >= 4 is 11.5 Å². The Balaban J connectivity index is 1.98. The van der Waals surface area contributed by atoms with Gasteiger partial charge < -0.3 is 15.3 Å². The number of nitrogens with one attached hydrogen (secondary N) is 1. The van der Waals surface area contributed by atoms with Gasteiger partial charge in [0.25, 0.3) is 5.88 Å². The number of nitrogen functional groups attached to an aromatic ring is 1. The third kappa shape index (κ3) is 2.27. The normalized spacial score (nSPS) is 10.7. The Kier molecular flexibility index (Phi) is 3.20. The first-order chi connectivity index (χ1) is 9.80. The number of aromatic nitrogens is 3. The lowest BCUT2D eigenvalue weighted by Gasteiger charge is -2.08. The first-order valence-corrected chi connectivity index (χ1v) is 5.98.